The monoisotopic (exact) mass is 409 g/mol. The van der Waals surface area contributed by atoms with Gasteiger partial charge in [-0.05, 0) is 50.5 Å². The minimum atomic E-state index is -1.28. The Kier molecular flexibility index (Phi) is 6.40. The highest BCUT2D eigenvalue weighted by atomic mass is 16.5. The Bertz CT molecular complexity index is 941. The lowest BCUT2D eigenvalue weighted by molar-refractivity contribution is -0.157. The van der Waals surface area contributed by atoms with E-state index in [2.05, 4.69) is 10.6 Å². The molecule has 0 aromatic heterocycles. The van der Waals surface area contributed by atoms with Gasteiger partial charge in [-0.1, -0.05) is 36.4 Å². The van der Waals surface area contributed by atoms with Crippen molar-refractivity contribution >= 4 is 29.3 Å². The number of rotatable bonds is 6. The van der Waals surface area contributed by atoms with Gasteiger partial charge in [-0.3, -0.25) is 9.59 Å². The van der Waals surface area contributed by atoms with Crippen LogP contribution in [0, 0.1) is 5.41 Å². The fourth-order valence-electron chi connectivity index (χ4n) is 3.36. The van der Waals surface area contributed by atoms with Gasteiger partial charge in [-0.15, -0.1) is 0 Å². The van der Waals surface area contributed by atoms with E-state index in [0.29, 0.717) is 30.9 Å². The summed E-state index contributed by atoms with van der Waals surface area (Å²) in [4.78, 5) is 39.2. The Morgan fingerprint density at radius 3 is 2.53 bits per heavy atom. The minimum absolute atomic E-state index is 0.221. The van der Waals surface area contributed by atoms with Crippen LogP contribution in [-0.2, 0) is 27.3 Å². The summed E-state index contributed by atoms with van der Waals surface area (Å²) in [5, 5.41) is 5.61. The Balaban J connectivity index is 1.69. The van der Waals surface area contributed by atoms with E-state index in [-0.39, 0.29) is 18.5 Å². The van der Waals surface area contributed by atoms with Crippen molar-refractivity contribution in [1.82, 2.24) is 5.32 Å². The predicted octanol–water partition coefficient (Wildman–Crippen LogP) is 3.49. The Morgan fingerprint density at radius 2 is 1.83 bits per heavy atom. The molecule has 0 spiro atoms. The molecule has 0 atom stereocenters. The Hall–Kier alpha value is -3.35. The minimum Gasteiger partial charge on any atom is -0.465 e. The van der Waals surface area contributed by atoms with Crippen molar-refractivity contribution in [3.63, 3.8) is 0 Å². The van der Waals surface area contributed by atoms with Crippen molar-refractivity contribution in [3.05, 3.63) is 59.7 Å². The van der Waals surface area contributed by atoms with Crippen LogP contribution >= 0.6 is 0 Å². The molecule has 0 bridgehead atoms. The highest BCUT2D eigenvalue weighted by Gasteiger charge is 2.42. The van der Waals surface area contributed by atoms with E-state index < -0.39 is 11.4 Å². The molecular weight excluding hydrogens is 382 g/mol. The molecule has 30 heavy (non-hydrogen) atoms. The van der Waals surface area contributed by atoms with Gasteiger partial charge in [-0.2, -0.15) is 0 Å². The number of ether oxygens (including phenoxy) is 1. The molecule has 0 saturated carbocycles. The number of carbonyl (C=O) groups excluding carboxylic acids is 3. The topological polar surface area (TPSA) is 87.7 Å². The van der Waals surface area contributed by atoms with Gasteiger partial charge in [-0.25, -0.2) is 4.79 Å². The number of hydrogen-bond donors (Lipinski definition) is 2. The Labute approximate surface area is 176 Å². The van der Waals surface area contributed by atoms with E-state index in [9.17, 15) is 14.4 Å². The molecule has 7 nitrogen and oxygen atoms in total. The second-order valence-corrected chi connectivity index (χ2v) is 7.69. The average molecular weight is 409 g/mol. The number of anilines is 2. The van der Waals surface area contributed by atoms with Crippen LogP contribution in [-0.4, -0.2) is 31.1 Å². The standard InChI is InChI=1S/C23H27N3O4/c1-4-30-21(28)23(2,3)20(27)26-13-12-17-10-11-18(14-19(17)26)25-22(29)24-15-16-8-6-5-7-9-16/h5-11,14H,4,12-13,15H2,1-3H3,(H2,24,25,29). The molecule has 0 aliphatic carbocycles. The van der Waals surface area contributed by atoms with Gasteiger partial charge in [0.05, 0.1) is 6.61 Å². The third-order valence-corrected chi connectivity index (χ3v) is 5.10. The van der Waals surface area contributed by atoms with Crippen LogP contribution in [0.4, 0.5) is 16.2 Å². The molecule has 0 fully saturated rings. The molecule has 1 aliphatic rings. The normalized spacial score (nSPS) is 12.8. The largest absolute Gasteiger partial charge is 0.465 e. The van der Waals surface area contributed by atoms with Gasteiger partial charge in [0.25, 0.3) is 0 Å². The summed E-state index contributed by atoms with van der Waals surface area (Å²) in [6, 6.07) is 14.8. The van der Waals surface area contributed by atoms with Crippen molar-refractivity contribution in [2.24, 2.45) is 5.41 Å². The molecule has 7 heteroatoms. The van der Waals surface area contributed by atoms with Crippen LogP contribution in [0.2, 0.25) is 0 Å². The molecule has 2 aromatic carbocycles. The maximum absolute atomic E-state index is 13.1. The van der Waals surface area contributed by atoms with E-state index in [1.54, 1.807) is 31.7 Å². The van der Waals surface area contributed by atoms with E-state index in [0.717, 1.165) is 11.1 Å². The smallest absolute Gasteiger partial charge is 0.321 e. The average Bonchev–Trinajstić information content (AvgIpc) is 3.15. The molecule has 1 aliphatic heterocycles. The van der Waals surface area contributed by atoms with Crippen molar-refractivity contribution in [3.8, 4) is 0 Å². The highest BCUT2D eigenvalue weighted by molar-refractivity contribution is 6.10. The molecule has 158 valence electrons. The number of hydrogen-bond acceptors (Lipinski definition) is 4. The summed E-state index contributed by atoms with van der Waals surface area (Å²) in [6.07, 6.45) is 0.695. The number of benzene rings is 2. The molecule has 1 heterocycles. The SMILES string of the molecule is CCOC(=O)C(C)(C)C(=O)N1CCc2ccc(NC(=O)NCc3ccccc3)cc21. The molecule has 2 aromatic rings. The van der Waals surface area contributed by atoms with Crippen molar-refractivity contribution in [2.45, 2.75) is 33.7 Å². The number of carbonyl (C=O) groups is 3. The molecular formula is C23H27N3O4. The zero-order valence-corrected chi connectivity index (χ0v) is 17.5. The third-order valence-electron chi connectivity index (χ3n) is 5.10. The zero-order chi connectivity index (χ0) is 21.7. The van der Waals surface area contributed by atoms with Crippen LogP contribution in [0.25, 0.3) is 0 Å². The molecule has 3 rings (SSSR count). The quantitative estimate of drug-likeness (QED) is 0.565. The number of nitrogens with one attached hydrogen (secondary N) is 2. The number of fused-ring (bicyclic) bond motifs is 1. The van der Waals surface area contributed by atoms with Gasteiger partial charge in [0, 0.05) is 24.5 Å². The number of urea groups is 1. The first-order valence-corrected chi connectivity index (χ1v) is 10.0. The van der Waals surface area contributed by atoms with Gasteiger partial charge < -0.3 is 20.3 Å². The van der Waals surface area contributed by atoms with Crippen molar-refractivity contribution in [2.75, 3.05) is 23.4 Å². The van der Waals surface area contributed by atoms with Gasteiger partial charge in [0.1, 0.15) is 5.41 Å². The van der Waals surface area contributed by atoms with Crippen molar-refractivity contribution in [1.29, 1.82) is 0 Å². The second kappa shape index (κ2) is 8.98. The van der Waals surface area contributed by atoms with Gasteiger partial charge in [0.15, 0.2) is 0 Å². The van der Waals surface area contributed by atoms with Crippen LogP contribution in [0.5, 0.6) is 0 Å². The zero-order valence-electron chi connectivity index (χ0n) is 17.5. The van der Waals surface area contributed by atoms with E-state index >= 15 is 0 Å². The van der Waals surface area contributed by atoms with Crippen LogP contribution in [0.15, 0.2) is 48.5 Å². The van der Waals surface area contributed by atoms with Crippen LogP contribution in [0.1, 0.15) is 31.9 Å². The lowest BCUT2D eigenvalue weighted by atomic mass is 9.91. The molecule has 0 saturated heterocycles. The van der Waals surface area contributed by atoms with Crippen LogP contribution in [0.3, 0.4) is 0 Å². The maximum Gasteiger partial charge on any atom is 0.321 e. The summed E-state index contributed by atoms with van der Waals surface area (Å²) in [6.45, 7) is 5.98. The number of esters is 1. The summed E-state index contributed by atoms with van der Waals surface area (Å²) in [7, 11) is 0. The molecule has 2 N–H and O–H groups in total. The number of nitrogens with zero attached hydrogens (tertiary/aromatic N) is 1. The second-order valence-electron chi connectivity index (χ2n) is 7.69. The number of amides is 3. The van der Waals surface area contributed by atoms with Crippen LogP contribution < -0.4 is 15.5 Å². The predicted molar refractivity (Wildman–Crippen MR) is 115 cm³/mol. The summed E-state index contributed by atoms with van der Waals surface area (Å²) < 4.78 is 5.06. The first kappa shape index (κ1) is 21.4. The van der Waals surface area contributed by atoms with E-state index in [1.165, 1.54) is 0 Å². The lowest BCUT2D eigenvalue weighted by Crippen LogP contribution is -2.45. The summed E-state index contributed by atoms with van der Waals surface area (Å²) in [5.74, 6) is -0.858. The fourth-order valence-corrected chi connectivity index (χ4v) is 3.36. The maximum atomic E-state index is 13.1. The first-order chi connectivity index (χ1) is 14.3. The summed E-state index contributed by atoms with van der Waals surface area (Å²) >= 11 is 0. The van der Waals surface area contributed by atoms with Gasteiger partial charge in [0.2, 0.25) is 5.91 Å². The van der Waals surface area contributed by atoms with Gasteiger partial charge >= 0.3 is 12.0 Å². The Morgan fingerprint density at radius 1 is 1.10 bits per heavy atom. The lowest BCUT2D eigenvalue weighted by Gasteiger charge is -2.28. The van der Waals surface area contributed by atoms with Crippen molar-refractivity contribution < 1.29 is 19.1 Å². The summed E-state index contributed by atoms with van der Waals surface area (Å²) in [5.41, 5.74) is 2.00. The van der Waals surface area contributed by atoms with E-state index in [1.807, 2.05) is 42.5 Å². The fraction of sp³-hybridized carbons (Fsp3) is 0.348. The highest BCUT2D eigenvalue weighted by Crippen LogP contribution is 2.34. The third kappa shape index (κ3) is 4.62. The molecule has 0 unspecified atom stereocenters. The molecule has 3 amide bonds. The van der Waals surface area contributed by atoms with E-state index in [4.69, 9.17) is 4.74 Å². The first-order valence-electron chi connectivity index (χ1n) is 10.0. The molecule has 0 radical (unpaired) electrons.